The average molecular weight is 360 g/mol. The van der Waals surface area contributed by atoms with E-state index < -0.39 is 11.6 Å². The van der Waals surface area contributed by atoms with E-state index in [4.69, 9.17) is 0 Å². The van der Waals surface area contributed by atoms with Crippen LogP contribution in [-0.2, 0) is 4.79 Å². The van der Waals surface area contributed by atoms with Crippen molar-refractivity contribution < 1.29 is 18.9 Å². The fourth-order valence-corrected chi connectivity index (χ4v) is 3.16. The molecule has 2 aromatic rings. The summed E-state index contributed by atoms with van der Waals surface area (Å²) in [5.74, 6) is -1.87. The number of rotatable bonds is 6. The molecule has 1 saturated heterocycles. The van der Waals surface area contributed by atoms with Gasteiger partial charge in [-0.05, 0) is 62.2 Å². The van der Waals surface area contributed by atoms with E-state index in [1.54, 1.807) is 5.32 Å². The SMILES string of the molecule is C[C@H]([NH2+]CC(=O)Nc1ccc(N2CCCC2)cc1)c1ccc(F)c(F)c1. The summed E-state index contributed by atoms with van der Waals surface area (Å²) in [5, 5.41) is 4.66. The lowest BCUT2D eigenvalue weighted by atomic mass is 10.1. The van der Waals surface area contributed by atoms with Gasteiger partial charge < -0.3 is 15.5 Å². The lowest BCUT2D eigenvalue weighted by molar-refractivity contribution is -0.682. The van der Waals surface area contributed by atoms with Gasteiger partial charge >= 0.3 is 0 Å². The molecule has 6 heteroatoms. The number of carbonyl (C=O) groups excluding carboxylic acids is 1. The van der Waals surface area contributed by atoms with Crippen LogP contribution in [0.5, 0.6) is 0 Å². The molecule has 0 aliphatic carbocycles. The highest BCUT2D eigenvalue weighted by atomic mass is 19.2. The second-order valence-electron chi connectivity index (χ2n) is 6.69. The maximum atomic E-state index is 13.3. The van der Waals surface area contributed by atoms with E-state index in [1.807, 2.05) is 31.2 Å². The van der Waals surface area contributed by atoms with E-state index in [9.17, 15) is 13.6 Å². The van der Waals surface area contributed by atoms with Gasteiger partial charge in [0.05, 0.1) is 0 Å². The minimum Gasteiger partial charge on any atom is -0.372 e. The third-order valence-corrected chi connectivity index (χ3v) is 4.75. The Morgan fingerprint density at radius 2 is 1.81 bits per heavy atom. The molecule has 0 radical (unpaired) electrons. The summed E-state index contributed by atoms with van der Waals surface area (Å²) in [6, 6.07) is 11.5. The number of hydrogen-bond acceptors (Lipinski definition) is 2. The summed E-state index contributed by atoms with van der Waals surface area (Å²) in [4.78, 5) is 14.5. The van der Waals surface area contributed by atoms with E-state index in [2.05, 4.69) is 10.2 Å². The van der Waals surface area contributed by atoms with Crippen molar-refractivity contribution in [1.82, 2.24) is 0 Å². The number of hydrogen-bond donors (Lipinski definition) is 2. The van der Waals surface area contributed by atoms with Crippen LogP contribution in [0.4, 0.5) is 20.2 Å². The number of quaternary nitrogens is 1. The molecule has 4 nitrogen and oxygen atoms in total. The standard InChI is InChI=1S/C20H23F2N3O/c1-14(15-4-9-18(21)19(22)12-15)23-13-20(26)24-16-5-7-17(8-6-16)25-10-2-3-11-25/h4-9,12,14,23H,2-3,10-11,13H2,1H3,(H,24,26)/p+1/t14-/m0/s1. The van der Waals surface area contributed by atoms with E-state index in [0.29, 0.717) is 5.56 Å². The van der Waals surface area contributed by atoms with Crippen LogP contribution in [0.15, 0.2) is 42.5 Å². The zero-order valence-electron chi connectivity index (χ0n) is 14.8. The van der Waals surface area contributed by atoms with Gasteiger partial charge in [0.2, 0.25) is 0 Å². The number of carbonyl (C=O) groups is 1. The van der Waals surface area contributed by atoms with Gasteiger partial charge in [-0.1, -0.05) is 0 Å². The Labute approximate surface area is 152 Å². The van der Waals surface area contributed by atoms with Gasteiger partial charge in [-0.15, -0.1) is 0 Å². The molecule has 3 rings (SSSR count). The Kier molecular flexibility index (Phi) is 5.83. The quantitative estimate of drug-likeness (QED) is 0.832. The molecular formula is C20H24F2N3O+. The fraction of sp³-hybridized carbons (Fsp3) is 0.350. The third-order valence-electron chi connectivity index (χ3n) is 4.75. The highest BCUT2D eigenvalue weighted by molar-refractivity contribution is 5.91. The van der Waals surface area contributed by atoms with E-state index in [1.165, 1.54) is 30.7 Å². The van der Waals surface area contributed by atoms with Crippen LogP contribution >= 0.6 is 0 Å². The second-order valence-corrected chi connectivity index (χ2v) is 6.69. The highest BCUT2D eigenvalue weighted by Crippen LogP contribution is 2.22. The summed E-state index contributed by atoms with van der Waals surface area (Å²) < 4.78 is 26.3. The first-order valence-corrected chi connectivity index (χ1v) is 8.96. The summed E-state index contributed by atoms with van der Waals surface area (Å²) in [7, 11) is 0. The molecule has 3 N–H and O–H groups in total. The van der Waals surface area contributed by atoms with Crippen LogP contribution in [0.3, 0.4) is 0 Å². The molecule has 1 fully saturated rings. The molecule has 2 aromatic carbocycles. The molecule has 26 heavy (non-hydrogen) atoms. The predicted molar refractivity (Wildman–Crippen MR) is 98.1 cm³/mol. The van der Waals surface area contributed by atoms with Gasteiger partial charge in [0.15, 0.2) is 18.2 Å². The first-order chi connectivity index (χ1) is 12.5. The molecule has 0 unspecified atom stereocenters. The number of anilines is 2. The molecular weight excluding hydrogens is 336 g/mol. The normalized spacial score (nSPS) is 15.1. The van der Waals surface area contributed by atoms with Gasteiger partial charge in [-0.25, -0.2) is 8.78 Å². The minimum absolute atomic E-state index is 0.131. The van der Waals surface area contributed by atoms with Crippen molar-refractivity contribution in [3.8, 4) is 0 Å². The molecule has 138 valence electrons. The van der Waals surface area contributed by atoms with Gasteiger partial charge in [0, 0.05) is 30.0 Å². The van der Waals surface area contributed by atoms with Crippen molar-refractivity contribution in [1.29, 1.82) is 0 Å². The molecule has 0 bridgehead atoms. The van der Waals surface area contributed by atoms with Crippen LogP contribution in [0.2, 0.25) is 0 Å². The van der Waals surface area contributed by atoms with E-state index >= 15 is 0 Å². The largest absolute Gasteiger partial charge is 0.372 e. The maximum Gasteiger partial charge on any atom is 0.279 e. The number of amides is 1. The third kappa shape index (κ3) is 4.58. The first kappa shape index (κ1) is 18.3. The second kappa shape index (κ2) is 8.27. The van der Waals surface area contributed by atoms with Crippen molar-refractivity contribution in [2.24, 2.45) is 0 Å². The molecule has 0 saturated carbocycles. The van der Waals surface area contributed by atoms with Crippen molar-refractivity contribution >= 4 is 17.3 Å². The van der Waals surface area contributed by atoms with Crippen molar-refractivity contribution in [3.63, 3.8) is 0 Å². The predicted octanol–water partition coefficient (Wildman–Crippen LogP) is 2.83. The molecule has 0 spiro atoms. The molecule has 0 aromatic heterocycles. The summed E-state index contributed by atoms with van der Waals surface area (Å²) in [6.07, 6.45) is 2.45. The molecule has 1 aliphatic heterocycles. The van der Waals surface area contributed by atoms with E-state index in [0.717, 1.165) is 24.8 Å². The Morgan fingerprint density at radius 3 is 2.46 bits per heavy atom. The van der Waals surface area contributed by atoms with Crippen LogP contribution in [0.1, 0.15) is 31.4 Å². The van der Waals surface area contributed by atoms with Crippen LogP contribution in [-0.4, -0.2) is 25.5 Å². The van der Waals surface area contributed by atoms with Crippen LogP contribution in [0.25, 0.3) is 0 Å². The number of nitrogens with zero attached hydrogens (tertiary/aromatic N) is 1. The highest BCUT2D eigenvalue weighted by Gasteiger charge is 2.15. The fourth-order valence-electron chi connectivity index (χ4n) is 3.16. The number of nitrogens with two attached hydrogens (primary N) is 1. The van der Waals surface area contributed by atoms with Crippen LogP contribution < -0.4 is 15.5 Å². The summed E-state index contributed by atoms with van der Waals surface area (Å²) >= 11 is 0. The molecule has 1 aliphatic rings. The topological polar surface area (TPSA) is 49.0 Å². The van der Waals surface area contributed by atoms with Gasteiger partial charge in [0.1, 0.15) is 6.04 Å². The Hall–Kier alpha value is -2.47. The summed E-state index contributed by atoms with van der Waals surface area (Å²) in [6.45, 7) is 4.23. The van der Waals surface area contributed by atoms with Gasteiger partial charge in [-0.3, -0.25) is 4.79 Å². The molecule has 1 heterocycles. The lowest BCUT2D eigenvalue weighted by Gasteiger charge is -2.17. The lowest BCUT2D eigenvalue weighted by Crippen LogP contribution is -2.86. The molecule has 1 atom stereocenters. The smallest absolute Gasteiger partial charge is 0.279 e. The summed E-state index contributed by atoms with van der Waals surface area (Å²) in [5.41, 5.74) is 2.58. The van der Waals surface area contributed by atoms with Gasteiger partial charge in [-0.2, -0.15) is 0 Å². The van der Waals surface area contributed by atoms with E-state index in [-0.39, 0.29) is 18.5 Å². The Balaban J connectivity index is 1.49. The Morgan fingerprint density at radius 1 is 1.12 bits per heavy atom. The number of halogens is 2. The van der Waals surface area contributed by atoms with Crippen molar-refractivity contribution in [2.45, 2.75) is 25.8 Å². The average Bonchev–Trinajstić information content (AvgIpc) is 3.17. The van der Waals surface area contributed by atoms with Crippen LogP contribution in [0, 0.1) is 11.6 Å². The first-order valence-electron chi connectivity index (χ1n) is 8.96. The van der Waals surface area contributed by atoms with Gasteiger partial charge in [0.25, 0.3) is 5.91 Å². The zero-order chi connectivity index (χ0) is 18.5. The minimum atomic E-state index is -0.870. The number of nitrogens with one attached hydrogen (secondary N) is 1. The number of benzene rings is 2. The maximum absolute atomic E-state index is 13.3. The zero-order valence-corrected chi connectivity index (χ0v) is 14.8. The Bertz CT molecular complexity index is 758. The monoisotopic (exact) mass is 360 g/mol. The van der Waals surface area contributed by atoms with Crippen molar-refractivity contribution in [3.05, 3.63) is 59.7 Å². The van der Waals surface area contributed by atoms with Crippen molar-refractivity contribution in [2.75, 3.05) is 29.9 Å². The molecule has 1 amide bonds.